The molecule has 108 valence electrons. The molecule has 1 rings (SSSR count). The van der Waals surface area contributed by atoms with Crippen molar-refractivity contribution >= 4 is 0 Å². The molecule has 3 nitrogen and oxygen atoms in total. The minimum absolute atomic E-state index is 0. The van der Waals surface area contributed by atoms with Crippen LogP contribution in [0.4, 0.5) is 0 Å². The number of likely N-dealkylation sites (N-methyl/N-ethyl adjacent to an activating group) is 1. The van der Waals surface area contributed by atoms with E-state index in [1.165, 1.54) is 24.1 Å². The van der Waals surface area contributed by atoms with E-state index in [9.17, 15) is 0 Å². The van der Waals surface area contributed by atoms with Gasteiger partial charge in [-0.2, -0.15) is 0 Å². The van der Waals surface area contributed by atoms with Crippen molar-refractivity contribution in [2.75, 3.05) is 20.6 Å². The fourth-order valence-corrected chi connectivity index (χ4v) is 1.98. The Labute approximate surface area is 115 Å². The number of nitrogens with one attached hydrogen (secondary N) is 3. The van der Waals surface area contributed by atoms with E-state index < -0.39 is 0 Å². The Balaban J connectivity index is 0. The minimum Gasteiger partial charge on any atom is -0.370 e. The molecule has 0 aromatic rings. The summed E-state index contributed by atoms with van der Waals surface area (Å²) in [4.78, 5) is 0. The normalized spacial score (nSPS) is 18.2. The van der Waals surface area contributed by atoms with Gasteiger partial charge in [0.15, 0.2) is 0 Å². The maximum atomic E-state index is 3.54. The molecule has 0 saturated carbocycles. The van der Waals surface area contributed by atoms with Gasteiger partial charge in [-0.15, -0.1) is 0 Å². The minimum atomic E-state index is 0. The first kappa shape index (κ1) is 17.2. The molecular formula is C15H33N3. The first-order chi connectivity index (χ1) is 8.81. The van der Waals surface area contributed by atoms with Crippen LogP contribution in [0.1, 0.15) is 47.9 Å². The predicted octanol–water partition coefficient (Wildman–Crippen LogP) is 3.02. The number of hydrogen-bond acceptors (Lipinski definition) is 3. The van der Waals surface area contributed by atoms with Gasteiger partial charge in [0.2, 0.25) is 0 Å². The zero-order valence-corrected chi connectivity index (χ0v) is 12.8. The second kappa shape index (κ2) is 11.3. The van der Waals surface area contributed by atoms with Gasteiger partial charge < -0.3 is 10.6 Å². The van der Waals surface area contributed by atoms with Crippen molar-refractivity contribution in [1.82, 2.24) is 16.0 Å². The van der Waals surface area contributed by atoms with Crippen molar-refractivity contribution in [2.24, 2.45) is 0 Å². The summed E-state index contributed by atoms with van der Waals surface area (Å²) in [5.41, 5.74) is 2.79. The maximum absolute atomic E-state index is 3.54. The van der Waals surface area contributed by atoms with Gasteiger partial charge in [0.1, 0.15) is 0 Å². The average molecular weight is 255 g/mol. The van der Waals surface area contributed by atoms with Crippen molar-refractivity contribution in [2.45, 2.75) is 52.6 Å². The lowest BCUT2D eigenvalue weighted by molar-refractivity contribution is 0.522. The Bertz CT molecular complexity index is 262. The predicted molar refractivity (Wildman–Crippen MR) is 83.7 cm³/mol. The molecule has 0 amide bonds. The molecule has 0 bridgehead atoms. The smallest absolute Gasteiger partial charge is 0.0989 e. The van der Waals surface area contributed by atoms with Gasteiger partial charge in [0.25, 0.3) is 0 Å². The molecule has 1 heterocycles. The molecule has 0 aromatic heterocycles. The highest BCUT2D eigenvalue weighted by Gasteiger charge is 2.14. The van der Waals surface area contributed by atoms with E-state index in [-0.39, 0.29) is 1.43 Å². The van der Waals surface area contributed by atoms with E-state index in [0.717, 1.165) is 19.4 Å². The number of hydrogen-bond donors (Lipinski definition) is 3. The summed E-state index contributed by atoms with van der Waals surface area (Å²) in [7, 11) is 4.01. The fraction of sp³-hybridized carbons (Fsp3) is 0.733. The van der Waals surface area contributed by atoms with Gasteiger partial charge in [-0.3, -0.25) is 5.32 Å². The summed E-state index contributed by atoms with van der Waals surface area (Å²) < 4.78 is 0. The molecule has 3 N–H and O–H groups in total. The summed E-state index contributed by atoms with van der Waals surface area (Å²) in [6.07, 6.45) is 9.54. The average Bonchev–Trinajstić information content (AvgIpc) is 2.45. The summed E-state index contributed by atoms with van der Waals surface area (Å²) in [6.45, 7) is 7.31. The first-order valence-corrected chi connectivity index (χ1v) is 7.29. The lowest BCUT2D eigenvalue weighted by atomic mass is 10.0. The summed E-state index contributed by atoms with van der Waals surface area (Å²) in [5, 5.41) is 10.0. The van der Waals surface area contributed by atoms with Gasteiger partial charge in [-0.1, -0.05) is 26.8 Å². The molecule has 1 unspecified atom stereocenters. The van der Waals surface area contributed by atoms with Crippen LogP contribution in [0, 0.1) is 0 Å². The molecule has 0 aromatic carbocycles. The van der Waals surface area contributed by atoms with Crippen molar-refractivity contribution in [3.63, 3.8) is 0 Å². The van der Waals surface area contributed by atoms with Gasteiger partial charge in [0.05, 0.1) is 6.17 Å². The van der Waals surface area contributed by atoms with E-state index in [1.54, 1.807) is 0 Å². The topological polar surface area (TPSA) is 36.1 Å². The standard InChI is InChI=1S/C13H25N3.C2H6.H2/c1-4-11-8-9-12(16-13(11)15-3)7-5-6-10-14-2;1-2;/h8-9,13-16H,4-7,10H2,1-3H3;1-2H3;1H. The summed E-state index contributed by atoms with van der Waals surface area (Å²) in [6, 6.07) is 0. The molecule has 18 heavy (non-hydrogen) atoms. The Hall–Kier alpha value is -0.800. The van der Waals surface area contributed by atoms with Crippen LogP contribution in [-0.2, 0) is 0 Å². The van der Waals surface area contributed by atoms with Crippen LogP contribution in [0.3, 0.4) is 0 Å². The molecule has 0 radical (unpaired) electrons. The lowest BCUT2D eigenvalue weighted by Crippen LogP contribution is -2.42. The second-order valence-corrected chi connectivity index (χ2v) is 4.21. The van der Waals surface area contributed by atoms with Gasteiger partial charge in [-0.05, 0) is 58.0 Å². The molecule has 1 aliphatic rings. The molecule has 0 aliphatic carbocycles. The van der Waals surface area contributed by atoms with Crippen LogP contribution in [-0.4, -0.2) is 26.8 Å². The monoisotopic (exact) mass is 255 g/mol. The first-order valence-electron chi connectivity index (χ1n) is 7.29. The molecule has 0 fully saturated rings. The van der Waals surface area contributed by atoms with Crippen molar-refractivity contribution < 1.29 is 1.43 Å². The van der Waals surface area contributed by atoms with Crippen LogP contribution in [0.15, 0.2) is 23.4 Å². The third-order valence-corrected chi connectivity index (χ3v) is 3.02. The van der Waals surface area contributed by atoms with Gasteiger partial charge >= 0.3 is 0 Å². The number of allylic oxidation sites excluding steroid dienone is 3. The third-order valence-electron chi connectivity index (χ3n) is 3.02. The molecular weight excluding hydrogens is 222 g/mol. The van der Waals surface area contributed by atoms with Crippen molar-refractivity contribution in [1.29, 1.82) is 0 Å². The van der Waals surface area contributed by atoms with Crippen LogP contribution in [0.25, 0.3) is 0 Å². The zero-order valence-electron chi connectivity index (χ0n) is 12.8. The zero-order chi connectivity index (χ0) is 13.8. The number of dihydropyridines is 1. The Morgan fingerprint density at radius 2 is 1.94 bits per heavy atom. The molecule has 0 spiro atoms. The highest BCUT2D eigenvalue weighted by atomic mass is 15.1. The summed E-state index contributed by atoms with van der Waals surface area (Å²) in [5.74, 6) is 0. The van der Waals surface area contributed by atoms with Crippen LogP contribution in [0.5, 0.6) is 0 Å². The second-order valence-electron chi connectivity index (χ2n) is 4.21. The number of unbranched alkanes of at least 4 members (excludes halogenated alkanes) is 1. The summed E-state index contributed by atoms with van der Waals surface area (Å²) >= 11 is 0. The Kier molecular flexibility index (Phi) is 10.8. The van der Waals surface area contributed by atoms with E-state index >= 15 is 0 Å². The number of rotatable bonds is 7. The van der Waals surface area contributed by atoms with E-state index in [0.29, 0.717) is 6.17 Å². The molecule has 3 heteroatoms. The largest absolute Gasteiger partial charge is 0.370 e. The van der Waals surface area contributed by atoms with Crippen LogP contribution in [0.2, 0.25) is 0 Å². The van der Waals surface area contributed by atoms with Crippen molar-refractivity contribution in [3.8, 4) is 0 Å². The Morgan fingerprint density at radius 1 is 1.22 bits per heavy atom. The molecule has 1 aliphatic heterocycles. The van der Waals surface area contributed by atoms with E-state index in [4.69, 9.17) is 0 Å². The Morgan fingerprint density at radius 3 is 2.50 bits per heavy atom. The van der Waals surface area contributed by atoms with E-state index in [1.807, 2.05) is 27.9 Å². The highest BCUT2D eigenvalue weighted by molar-refractivity contribution is 5.26. The molecule has 1 atom stereocenters. The molecule has 0 saturated heterocycles. The third kappa shape index (κ3) is 6.22. The fourth-order valence-electron chi connectivity index (χ4n) is 1.98. The lowest BCUT2D eigenvalue weighted by Gasteiger charge is -2.26. The quantitative estimate of drug-likeness (QED) is 0.612. The van der Waals surface area contributed by atoms with Crippen molar-refractivity contribution in [3.05, 3.63) is 23.4 Å². The highest BCUT2D eigenvalue weighted by Crippen LogP contribution is 2.15. The van der Waals surface area contributed by atoms with E-state index in [2.05, 4.69) is 35.0 Å². The van der Waals surface area contributed by atoms with Crippen LogP contribution >= 0.6 is 0 Å². The maximum Gasteiger partial charge on any atom is 0.0989 e. The SMILES string of the molecule is CC.CCC1=CC=C(CCCCNC)NC1NC.[HH]. The van der Waals surface area contributed by atoms with Crippen LogP contribution < -0.4 is 16.0 Å². The van der Waals surface area contributed by atoms with Gasteiger partial charge in [0, 0.05) is 7.12 Å². The van der Waals surface area contributed by atoms with Gasteiger partial charge in [-0.25, -0.2) is 0 Å².